The lowest BCUT2D eigenvalue weighted by Gasteiger charge is -2.22. The summed E-state index contributed by atoms with van der Waals surface area (Å²) < 4.78 is 0. The average Bonchev–Trinajstić information content (AvgIpc) is 1.69. The Kier molecular flexibility index (Phi) is 6.19. The van der Waals surface area contributed by atoms with Gasteiger partial charge in [-0.3, -0.25) is 11.7 Å². The number of hydrogen-bond acceptors (Lipinski definition) is 2. The maximum atomic E-state index is 4.00. The number of nitrogens with two attached hydrogens (primary N) is 2. The lowest BCUT2D eigenvalue weighted by molar-refractivity contribution is 0.283. The summed E-state index contributed by atoms with van der Waals surface area (Å²) in [6.07, 6.45) is 0. The first-order valence-corrected chi connectivity index (χ1v) is 3.28. The van der Waals surface area contributed by atoms with Crippen molar-refractivity contribution < 1.29 is 0 Å². The van der Waals surface area contributed by atoms with E-state index in [1.165, 1.54) is 0 Å². The zero-order chi connectivity index (χ0) is 8.08. The third-order valence-electron chi connectivity index (χ3n) is 1.73. The van der Waals surface area contributed by atoms with Crippen LogP contribution < -0.4 is 11.7 Å². The van der Waals surface area contributed by atoms with Gasteiger partial charge in [0.2, 0.25) is 0 Å². The summed E-state index contributed by atoms with van der Waals surface area (Å²) in [5, 5.41) is 0. The Balaban J connectivity index is 0. The fraction of sp³-hybridized carbons (Fsp3) is 1.00. The van der Waals surface area contributed by atoms with E-state index in [1.807, 2.05) is 0 Å². The smallest absolute Gasteiger partial charge is 0.0360 e. The predicted molar refractivity (Wildman–Crippen MR) is 42.7 cm³/mol. The van der Waals surface area contributed by atoms with Crippen molar-refractivity contribution in [1.82, 2.24) is 0 Å². The van der Waals surface area contributed by atoms with Crippen molar-refractivity contribution in [3.63, 3.8) is 0 Å². The van der Waals surface area contributed by atoms with Crippen LogP contribution in [0.5, 0.6) is 0 Å². The zero-order valence-corrected chi connectivity index (χ0v) is 7.23. The van der Waals surface area contributed by atoms with Crippen molar-refractivity contribution in [1.29, 1.82) is 0 Å². The first kappa shape index (κ1) is 11.7. The van der Waals surface area contributed by atoms with Gasteiger partial charge in [-0.05, 0) is 11.3 Å². The van der Waals surface area contributed by atoms with Gasteiger partial charge in [0.05, 0.1) is 0 Å². The second-order valence-corrected chi connectivity index (χ2v) is 3.52. The summed E-state index contributed by atoms with van der Waals surface area (Å²) in [7, 11) is 0. The van der Waals surface area contributed by atoms with Gasteiger partial charge in [-0.2, -0.15) is 0 Å². The highest BCUT2D eigenvalue weighted by Crippen LogP contribution is 2.23. The molecule has 0 fully saturated rings. The highest BCUT2D eigenvalue weighted by atomic mass is 15.0. The van der Waals surface area contributed by atoms with Gasteiger partial charge in [-0.25, -0.2) is 0 Å². The predicted octanol–water partition coefficient (Wildman–Crippen LogP) is 1.51. The summed E-state index contributed by atoms with van der Waals surface area (Å²) in [6.45, 7) is 11.3. The Morgan fingerprint density at radius 1 is 1.00 bits per heavy atom. The molecule has 0 bridgehead atoms. The minimum absolute atomic E-state index is 0.500. The van der Waals surface area contributed by atoms with Gasteiger partial charge in [-0.1, -0.05) is 34.6 Å². The van der Waals surface area contributed by atoms with Crippen LogP contribution in [0.4, 0.5) is 0 Å². The van der Waals surface area contributed by atoms with Crippen LogP contribution in [0.1, 0.15) is 34.6 Å². The van der Waals surface area contributed by atoms with Gasteiger partial charge in [0, 0.05) is 0 Å². The molecule has 0 atom stereocenters. The molecule has 2 nitrogen and oxygen atoms in total. The molecule has 0 aliphatic rings. The van der Waals surface area contributed by atoms with E-state index in [2.05, 4.69) is 46.3 Å². The standard InChI is InChI=1S/C7H16.H4N2/c1-6(2)7(3,4)5;1-2/h6H,1-5H3;1-2H2. The molecular formula is C7H20N2. The molecule has 0 heterocycles. The highest BCUT2D eigenvalue weighted by molar-refractivity contribution is 4.64. The Morgan fingerprint density at radius 3 is 1.11 bits per heavy atom. The Hall–Kier alpha value is -0.0800. The fourth-order valence-electron chi connectivity index (χ4n) is 0. The molecule has 0 unspecified atom stereocenters. The molecule has 0 aromatic carbocycles. The molecule has 0 saturated heterocycles. The lowest BCUT2D eigenvalue weighted by atomic mass is 9.84. The number of hydrazine groups is 1. The minimum Gasteiger partial charge on any atom is -0.274 e. The SMILES string of the molecule is CC(C)C(C)(C)C.NN. The maximum Gasteiger partial charge on any atom is -0.0360 e. The molecule has 0 aromatic rings. The topological polar surface area (TPSA) is 52.0 Å². The average molecular weight is 132 g/mol. The van der Waals surface area contributed by atoms with Gasteiger partial charge in [0.1, 0.15) is 0 Å². The van der Waals surface area contributed by atoms with Crippen LogP contribution in [-0.2, 0) is 0 Å². The molecule has 9 heavy (non-hydrogen) atoms. The van der Waals surface area contributed by atoms with Crippen molar-refractivity contribution >= 4 is 0 Å². The third-order valence-corrected chi connectivity index (χ3v) is 1.73. The van der Waals surface area contributed by atoms with E-state index in [-0.39, 0.29) is 0 Å². The molecule has 2 heteroatoms. The van der Waals surface area contributed by atoms with E-state index in [9.17, 15) is 0 Å². The Bertz CT molecular complexity index is 52.4. The first-order chi connectivity index (χ1) is 3.94. The summed E-state index contributed by atoms with van der Waals surface area (Å²) in [5.41, 5.74) is 0.500. The molecule has 0 aliphatic carbocycles. The highest BCUT2D eigenvalue weighted by Gasteiger charge is 2.13. The summed E-state index contributed by atoms with van der Waals surface area (Å²) in [5.74, 6) is 8.80. The van der Waals surface area contributed by atoms with Gasteiger partial charge >= 0.3 is 0 Å². The van der Waals surface area contributed by atoms with Crippen LogP contribution in [0.25, 0.3) is 0 Å². The van der Waals surface area contributed by atoms with E-state index >= 15 is 0 Å². The van der Waals surface area contributed by atoms with Crippen molar-refractivity contribution in [3.8, 4) is 0 Å². The molecule has 0 rings (SSSR count). The van der Waals surface area contributed by atoms with E-state index < -0.39 is 0 Å². The normalized spacial score (nSPS) is 10.7. The second kappa shape index (κ2) is 4.77. The zero-order valence-electron chi connectivity index (χ0n) is 7.23. The van der Waals surface area contributed by atoms with Crippen LogP contribution in [0.2, 0.25) is 0 Å². The van der Waals surface area contributed by atoms with Gasteiger partial charge in [0.25, 0.3) is 0 Å². The number of rotatable bonds is 0. The quantitative estimate of drug-likeness (QED) is 0.388. The molecule has 58 valence electrons. The van der Waals surface area contributed by atoms with Crippen LogP contribution in [-0.4, -0.2) is 0 Å². The molecule has 0 aliphatic heterocycles. The van der Waals surface area contributed by atoms with Crippen LogP contribution >= 0.6 is 0 Å². The van der Waals surface area contributed by atoms with E-state index in [0.717, 1.165) is 5.92 Å². The summed E-state index contributed by atoms with van der Waals surface area (Å²) >= 11 is 0. The van der Waals surface area contributed by atoms with E-state index in [4.69, 9.17) is 0 Å². The number of hydrogen-bond donors (Lipinski definition) is 2. The molecule has 0 spiro atoms. The second-order valence-electron chi connectivity index (χ2n) is 3.52. The molecule has 0 radical (unpaired) electrons. The van der Waals surface area contributed by atoms with Crippen molar-refractivity contribution in [2.24, 2.45) is 23.0 Å². The summed E-state index contributed by atoms with van der Waals surface area (Å²) in [4.78, 5) is 0. The van der Waals surface area contributed by atoms with Gasteiger partial charge in [0.15, 0.2) is 0 Å². The minimum atomic E-state index is 0.500. The van der Waals surface area contributed by atoms with E-state index in [1.54, 1.807) is 0 Å². The lowest BCUT2D eigenvalue weighted by Crippen LogP contribution is -2.12. The van der Waals surface area contributed by atoms with Crippen LogP contribution in [0.15, 0.2) is 0 Å². The van der Waals surface area contributed by atoms with Crippen LogP contribution in [0.3, 0.4) is 0 Å². The monoisotopic (exact) mass is 132 g/mol. The largest absolute Gasteiger partial charge is 0.274 e. The fourth-order valence-corrected chi connectivity index (χ4v) is 0. The van der Waals surface area contributed by atoms with Gasteiger partial charge in [-0.15, -0.1) is 0 Å². The van der Waals surface area contributed by atoms with Crippen molar-refractivity contribution in [3.05, 3.63) is 0 Å². The summed E-state index contributed by atoms with van der Waals surface area (Å²) in [6, 6.07) is 0. The van der Waals surface area contributed by atoms with Crippen LogP contribution in [0, 0.1) is 11.3 Å². The first-order valence-electron chi connectivity index (χ1n) is 3.28. The maximum absolute atomic E-state index is 4.00. The van der Waals surface area contributed by atoms with Crippen molar-refractivity contribution in [2.45, 2.75) is 34.6 Å². The molecule has 0 aromatic heterocycles. The third kappa shape index (κ3) is 7.92. The van der Waals surface area contributed by atoms with E-state index in [0.29, 0.717) is 5.41 Å². The molecular weight excluding hydrogens is 112 g/mol. The van der Waals surface area contributed by atoms with Gasteiger partial charge < -0.3 is 0 Å². The van der Waals surface area contributed by atoms with Crippen molar-refractivity contribution in [2.75, 3.05) is 0 Å². The molecule has 0 amide bonds. The Labute approximate surface area is 58.6 Å². The molecule has 4 N–H and O–H groups in total. The molecule has 0 saturated carbocycles. The Morgan fingerprint density at radius 2 is 1.11 bits per heavy atom.